The lowest BCUT2D eigenvalue weighted by Crippen LogP contribution is -2.49. The summed E-state index contributed by atoms with van der Waals surface area (Å²) in [7, 11) is -3.58. The molecule has 7 nitrogen and oxygen atoms in total. The topological polar surface area (TPSA) is 84.0 Å². The fourth-order valence-electron chi connectivity index (χ4n) is 3.96. The first kappa shape index (κ1) is 20.8. The second kappa shape index (κ2) is 9.05. The fourth-order valence-corrected chi connectivity index (χ4v) is 5.50. The Morgan fingerprint density at radius 3 is 2.36 bits per heavy atom. The molecule has 0 unspecified atom stereocenters. The summed E-state index contributed by atoms with van der Waals surface area (Å²) in [5.74, 6) is -0.667. The maximum atomic E-state index is 13.0. The number of hydrogen-bond donors (Lipinski definition) is 0. The summed E-state index contributed by atoms with van der Waals surface area (Å²) in [6.45, 7) is 3.84. The van der Waals surface area contributed by atoms with Crippen molar-refractivity contribution in [2.75, 3.05) is 32.8 Å². The van der Waals surface area contributed by atoms with E-state index in [4.69, 9.17) is 4.74 Å². The highest BCUT2D eigenvalue weighted by Crippen LogP contribution is 2.27. The highest BCUT2D eigenvalue weighted by molar-refractivity contribution is 7.89. The standard InChI is InChI=1S/C20H28N2O5S/c1-2-27-20(24)16-10-13-21(14-11-16)19(23)17-7-6-12-22(15-17)28(25,26)18-8-4-3-5-9-18/h3-5,8-9,16-17H,2,6-7,10-15H2,1H3/t17-/m1/s1. The zero-order valence-corrected chi connectivity index (χ0v) is 17.1. The summed E-state index contributed by atoms with van der Waals surface area (Å²) in [5, 5.41) is 0. The summed E-state index contributed by atoms with van der Waals surface area (Å²) in [5.41, 5.74) is 0. The molecule has 2 aliphatic heterocycles. The molecule has 0 saturated carbocycles. The van der Waals surface area contributed by atoms with E-state index in [1.165, 1.54) is 4.31 Å². The van der Waals surface area contributed by atoms with Crippen LogP contribution in [0.1, 0.15) is 32.6 Å². The van der Waals surface area contributed by atoms with Crippen molar-refractivity contribution < 1.29 is 22.7 Å². The van der Waals surface area contributed by atoms with Crippen LogP contribution in [-0.2, 0) is 24.3 Å². The van der Waals surface area contributed by atoms with Crippen LogP contribution in [0.3, 0.4) is 0 Å². The van der Waals surface area contributed by atoms with Gasteiger partial charge in [-0.25, -0.2) is 8.42 Å². The minimum absolute atomic E-state index is 0.00438. The van der Waals surface area contributed by atoms with E-state index in [9.17, 15) is 18.0 Å². The van der Waals surface area contributed by atoms with Gasteiger partial charge in [-0.3, -0.25) is 9.59 Å². The van der Waals surface area contributed by atoms with E-state index in [1.807, 2.05) is 0 Å². The third-order valence-electron chi connectivity index (χ3n) is 5.54. The van der Waals surface area contributed by atoms with Gasteiger partial charge in [0, 0.05) is 26.2 Å². The Kier molecular flexibility index (Phi) is 6.72. The molecule has 1 aromatic carbocycles. The number of amides is 1. The molecular weight excluding hydrogens is 380 g/mol. The van der Waals surface area contributed by atoms with Crippen molar-refractivity contribution in [1.29, 1.82) is 0 Å². The number of benzene rings is 1. The lowest BCUT2D eigenvalue weighted by Gasteiger charge is -2.37. The summed E-state index contributed by atoms with van der Waals surface area (Å²) < 4.78 is 32.2. The number of piperidine rings is 2. The molecule has 2 aliphatic rings. The van der Waals surface area contributed by atoms with Crippen molar-refractivity contribution in [1.82, 2.24) is 9.21 Å². The second-order valence-corrected chi connectivity index (χ2v) is 9.30. The van der Waals surface area contributed by atoms with Gasteiger partial charge in [-0.05, 0) is 44.7 Å². The molecule has 28 heavy (non-hydrogen) atoms. The van der Waals surface area contributed by atoms with Crippen LogP contribution < -0.4 is 0 Å². The van der Waals surface area contributed by atoms with E-state index in [-0.39, 0.29) is 35.2 Å². The Balaban J connectivity index is 1.60. The monoisotopic (exact) mass is 408 g/mol. The number of sulfonamides is 1. The van der Waals surface area contributed by atoms with Gasteiger partial charge >= 0.3 is 5.97 Å². The Labute approximate surface area is 166 Å². The Morgan fingerprint density at radius 1 is 1.04 bits per heavy atom. The number of esters is 1. The first-order valence-corrected chi connectivity index (χ1v) is 11.4. The van der Waals surface area contributed by atoms with Crippen LogP contribution in [0.5, 0.6) is 0 Å². The lowest BCUT2D eigenvalue weighted by atomic mass is 9.93. The molecule has 2 fully saturated rings. The third kappa shape index (κ3) is 4.55. The molecule has 1 amide bonds. The van der Waals surface area contributed by atoms with Crippen LogP contribution >= 0.6 is 0 Å². The molecule has 2 saturated heterocycles. The van der Waals surface area contributed by atoms with Gasteiger partial charge in [0.2, 0.25) is 15.9 Å². The number of nitrogens with zero attached hydrogens (tertiary/aromatic N) is 2. The van der Waals surface area contributed by atoms with Gasteiger partial charge in [0.1, 0.15) is 0 Å². The molecule has 0 bridgehead atoms. The average Bonchev–Trinajstić information content (AvgIpc) is 2.74. The molecule has 3 rings (SSSR count). The molecular formula is C20H28N2O5S. The summed E-state index contributed by atoms with van der Waals surface area (Å²) in [6.07, 6.45) is 2.56. The van der Waals surface area contributed by atoms with E-state index < -0.39 is 10.0 Å². The van der Waals surface area contributed by atoms with E-state index in [2.05, 4.69) is 0 Å². The van der Waals surface area contributed by atoms with Crippen LogP contribution in [0.15, 0.2) is 35.2 Å². The fraction of sp³-hybridized carbons (Fsp3) is 0.600. The van der Waals surface area contributed by atoms with Crippen LogP contribution in [-0.4, -0.2) is 62.3 Å². The third-order valence-corrected chi connectivity index (χ3v) is 7.42. The molecule has 154 valence electrons. The van der Waals surface area contributed by atoms with Gasteiger partial charge in [0.25, 0.3) is 0 Å². The number of carbonyl (C=O) groups excluding carboxylic acids is 2. The number of carbonyl (C=O) groups is 2. The van der Waals surface area contributed by atoms with Crippen LogP contribution in [0.4, 0.5) is 0 Å². The summed E-state index contributed by atoms with van der Waals surface area (Å²) >= 11 is 0. The number of ether oxygens (including phenoxy) is 1. The van der Waals surface area contributed by atoms with Crippen LogP contribution in [0, 0.1) is 11.8 Å². The van der Waals surface area contributed by atoms with Crippen LogP contribution in [0.25, 0.3) is 0 Å². The van der Waals surface area contributed by atoms with Crippen molar-refractivity contribution in [2.45, 2.75) is 37.5 Å². The quantitative estimate of drug-likeness (QED) is 0.695. The highest BCUT2D eigenvalue weighted by atomic mass is 32.2. The first-order valence-electron chi connectivity index (χ1n) is 9.94. The van der Waals surface area contributed by atoms with Gasteiger partial charge < -0.3 is 9.64 Å². The number of likely N-dealkylation sites (tertiary alicyclic amines) is 1. The predicted molar refractivity (Wildman–Crippen MR) is 104 cm³/mol. The molecule has 1 atom stereocenters. The molecule has 8 heteroatoms. The predicted octanol–water partition coefficient (Wildman–Crippen LogP) is 1.89. The van der Waals surface area contributed by atoms with Crippen molar-refractivity contribution in [3.8, 4) is 0 Å². The van der Waals surface area contributed by atoms with Gasteiger partial charge in [-0.1, -0.05) is 18.2 Å². The largest absolute Gasteiger partial charge is 0.466 e. The maximum Gasteiger partial charge on any atom is 0.309 e. The molecule has 0 N–H and O–H groups in total. The van der Waals surface area contributed by atoms with E-state index in [1.54, 1.807) is 42.2 Å². The average molecular weight is 409 g/mol. The molecule has 2 heterocycles. The SMILES string of the molecule is CCOC(=O)C1CCN(C(=O)[C@@H]2CCCN(S(=O)(=O)c3ccccc3)C2)CC1. The van der Waals surface area contributed by atoms with Crippen LogP contribution in [0.2, 0.25) is 0 Å². The Bertz CT molecular complexity index is 788. The zero-order chi connectivity index (χ0) is 20.1. The molecule has 0 radical (unpaired) electrons. The summed E-state index contributed by atoms with van der Waals surface area (Å²) in [4.78, 5) is 26.9. The number of hydrogen-bond acceptors (Lipinski definition) is 5. The van der Waals surface area contributed by atoms with E-state index in [0.29, 0.717) is 51.9 Å². The summed E-state index contributed by atoms with van der Waals surface area (Å²) in [6, 6.07) is 8.35. The molecule has 0 aromatic heterocycles. The first-order chi connectivity index (χ1) is 13.4. The van der Waals surface area contributed by atoms with Gasteiger partial charge in [0.05, 0.1) is 23.3 Å². The number of rotatable bonds is 5. The minimum atomic E-state index is -3.58. The Morgan fingerprint density at radius 2 is 1.71 bits per heavy atom. The van der Waals surface area contributed by atoms with Gasteiger partial charge in [-0.15, -0.1) is 0 Å². The highest BCUT2D eigenvalue weighted by Gasteiger charge is 2.36. The molecule has 0 aliphatic carbocycles. The van der Waals surface area contributed by atoms with Gasteiger partial charge in [0.15, 0.2) is 0 Å². The van der Waals surface area contributed by atoms with E-state index >= 15 is 0 Å². The molecule has 0 spiro atoms. The maximum absolute atomic E-state index is 13.0. The van der Waals surface area contributed by atoms with Crippen molar-refractivity contribution >= 4 is 21.9 Å². The van der Waals surface area contributed by atoms with Crippen molar-refractivity contribution in [2.24, 2.45) is 11.8 Å². The zero-order valence-electron chi connectivity index (χ0n) is 16.2. The van der Waals surface area contributed by atoms with E-state index in [0.717, 1.165) is 0 Å². The Hall–Kier alpha value is -1.93. The minimum Gasteiger partial charge on any atom is -0.466 e. The van der Waals surface area contributed by atoms with Crippen molar-refractivity contribution in [3.63, 3.8) is 0 Å². The van der Waals surface area contributed by atoms with Gasteiger partial charge in [-0.2, -0.15) is 4.31 Å². The normalized spacial score (nSPS) is 22.0. The lowest BCUT2D eigenvalue weighted by molar-refractivity contribution is -0.152. The van der Waals surface area contributed by atoms with Crippen molar-refractivity contribution in [3.05, 3.63) is 30.3 Å². The smallest absolute Gasteiger partial charge is 0.309 e. The second-order valence-electron chi connectivity index (χ2n) is 7.37. The molecule has 1 aromatic rings.